The second-order valence-corrected chi connectivity index (χ2v) is 4.84. The lowest BCUT2D eigenvalue weighted by Crippen LogP contribution is -2.23. The number of hydrogen-bond acceptors (Lipinski definition) is 2. The standard InChI is InChI=1S/C14H17NO/c1-11(16)9-14(2,3)13(10-15)12-7-5-4-6-8-12/h4-8,13H,9H2,1-3H3. The number of Topliss-reactive ketones (excluding diaryl/α,β-unsaturated/α-hetero) is 1. The van der Waals surface area contributed by atoms with E-state index in [1.54, 1.807) is 6.92 Å². The second kappa shape index (κ2) is 4.94. The van der Waals surface area contributed by atoms with E-state index in [4.69, 9.17) is 0 Å². The lowest BCUT2D eigenvalue weighted by molar-refractivity contribution is -0.118. The number of carbonyl (C=O) groups excluding carboxylic acids is 1. The normalized spacial score (nSPS) is 12.9. The first-order chi connectivity index (χ1) is 7.47. The van der Waals surface area contributed by atoms with Gasteiger partial charge in [0.25, 0.3) is 0 Å². The van der Waals surface area contributed by atoms with Crippen molar-refractivity contribution in [1.82, 2.24) is 0 Å². The number of carbonyl (C=O) groups is 1. The maximum absolute atomic E-state index is 11.2. The van der Waals surface area contributed by atoms with Gasteiger partial charge in [0, 0.05) is 6.42 Å². The van der Waals surface area contributed by atoms with Crippen molar-refractivity contribution in [2.24, 2.45) is 5.41 Å². The molecule has 0 saturated carbocycles. The van der Waals surface area contributed by atoms with Crippen LogP contribution in [0.15, 0.2) is 30.3 Å². The lowest BCUT2D eigenvalue weighted by Gasteiger charge is -2.28. The van der Waals surface area contributed by atoms with Crippen LogP contribution in [0.3, 0.4) is 0 Å². The van der Waals surface area contributed by atoms with E-state index in [0.717, 1.165) is 5.56 Å². The molecule has 2 nitrogen and oxygen atoms in total. The van der Waals surface area contributed by atoms with Gasteiger partial charge < -0.3 is 4.79 Å². The summed E-state index contributed by atoms with van der Waals surface area (Å²) in [5.74, 6) is -0.112. The van der Waals surface area contributed by atoms with Crippen LogP contribution in [0, 0.1) is 16.7 Å². The first-order valence-electron chi connectivity index (χ1n) is 5.41. The molecule has 16 heavy (non-hydrogen) atoms. The SMILES string of the molecule is CC(=O)CC(C)(C)C(C#N)c1ccccc1. The van der Waals surface area contributed by atoms with E-state index >= 15 is 0 Å². The summed E-state index contributed by atoms with van der Waals surface area (Å²) in [6.07, 6.45) is 0.431. The molecule has 1 rings (SSSR count). The Balaban J connectivity index is 3.00. The fraction of sp³-hybridized carbons (Fsp3) is 0.429. The van der Waals surface area contributed by atoms with Crippen LogP contribution in [0.5, 0.6) is 0 Å². The summed E-state index contributed by atoms with van der Waals surface area (Å²) in [7, 11) is 0. The van der Waals surface area contributed by atoms with Crippen molar-refractivity contribution in [3.63, 3.8) is 0 Å². The molecule has 0 heterocycles. The minimum Gasteiger partial charge on any atom is -0.300 e. The highest BCUT2D eigenvalue weighted by atomic mass is 16.1. The van der Waals surface area contributed by atoms with Gasteiger partial charge in [-0.3, -0.25) is 0 Å². The first kappa shape index (κ1) is 12.4. The molecule has 0 N–H and O–H groups in total. The van der Waals surface area contributed by atoms with E-state index in [1.165, 1.54) is 0 Å². The van der Waals surface area contributed by atoms with Crippen LogP contribution in [-0.2, 0) is 4.79 Å². The van der Waals surface area contributed by atoms with Crippen molar-refractivity contribution >= 4 is 5.78 Å². The highest BCUT2D eigenvalue weighted by molar-refractivity contribution is 5.76. The molecule has 0 saturated heterocycles. The van der Waals surface area contributed by atoms with Gasteiger partial charge in [-0.25, -0.2) is 0 Å². The quantitative estimate of drug-likeness (QED) is 0.773. The van der Waals surface area contributed by atoms with E-state index < -0.39 is 0 Å². The molecular formula is C14H17NO. The topological polar surface area (TPSA) is 40.9 Å². The van der Waals surface area contributed by atoms with Crippen LogP contribution in [-0.4, -0.2) is 5.78 Å². The molecule has 2 heteroatoms. The number of nitrogens with zero attached hydrogens (tertiary/aromatic N) is 1. The molecule has 0 spiro atoms. The van der Waals surface area contributed by atoms with Crippen molar-refractivity contribution in [2.45, 2.75) is 33.1 Å². The van der Waals surface area contributed by atoms with Gasteiger partial charge in [-0.2, -0.15) is 5.26 Å². The van der Waals surface area contributed by atoms with E-state index in [9.17, 15) is 10.1 Å². The lowest BCUT2D eigenvalue weighted by atomic mass is 9.73. The monoisotopic (exact) mass is 215 g/mol. The molecule has 1 unspecified atom stereocenters. The molecule has 0 fully saturated rings. The fourth-order valence-electron chi connectivity index (χ4n) is 2.09. The van der Waals surface area contributed by atoms with E-state index in [0.29, 0.717) is 6.42 Å². The van der Waals surface area contributed by atoms with Crippen molar-refractivity contribution in [3.8, 4) is 6.07 Å². The molecule has 1 atom stereocenters. The molecule has 1 aromatic rings. The van der Waals surface area contributed by atoms with Gasteiger partial charge in [0.2, 0.25) is 0 Å². The van der Waals surface area contributed by atoms with Gasteiger partial charge in [-0.05, 0) is 17.9 Å². The number of ketones is 1. The number of rotatable bonds is 4. The highest BCUT2D eigenvalue weighted by Gasteiger charge is 2.31. The molecular weight excluding hydrogens is 198 g/mol. The van der Waals surface area contributed by atoms with Gasteiger partial charge in [-0.15, -0.1) is 0 Å². The molecule has 0 aromatic heterocycles. The summed E-state index contributed by atoms with van der Waals surface area (Å²) in [6, 6.07) is 12.0. The predicted octanol–water partition coefficient (Wildman–Crippen LogP) is 3.30. The predicted molar refractivity (Wildman–Crippen MR) is 63.9 cm³/mol. The Morgan fingerprint density at radius 1 is 1.38 bits per heavy atom. The zero-order valence-corrected chi connectivity index (χ0v) is 10.0. The van der Waals surface area contributed by atoms with Crippen LogP contribution in [0.4, 0.5) is 0 Å². The zero-order valence-electron chi connectivity index (χ0n) is 10.0. The van der Waals surface area contributed by atoms with Gasteiger partial charge in [0.1, 0.15) is 5.78 Å². The van der Waals surface area contributed by atoms with Crippen LogP contribution < -0.4 is 0 Å². The van der Waals surface area contributed by atoms with Crippen LogP contribution in [0.25, 0.3) is 0 Å². The Labute approximate surface area is 96.9 Å². The molecule has 1 aromatic carbocycles. The maximum atomic E-state index is 11.2. The molecule has 0 radical (unpaired) electrons. The smallest absolute Gasteiger partial charge is 0.130 e. The fourth-order valence-corrected chi connectivity index (χ4v) is 2.09. The Morgan fingerprint density at radius 2 is 1.94 bits per heavy atom. The van der Waals surface area contributed by atoms with Gasteiger partial charge in [-0.1, -0.05) is 44.2 Å². The third kappa shape index (κ3) is 2.93. The van der Waals surface area contributed by atoms with Crippen molar-refractivity contribution in [2.75, 3.05) is 0 Å². The van der Waals surface area contributed by atoms with Gasteiger partial charge in [0.05, 0.1) is 12.0 Å². The summed E-state index contributed by atoms with van der Waals surface area (Å²) in [6.45, 7) is 5.51. The van der Waals surface area contributed by atoms with E-state index in [-0.39, 0.29) is 17.1 Å². The molecule has 0 bridgehead atoms. The molecule has 0 aliphatic rings. The van der Waals surface area contributed by atoms with E-state index in [2.05, 4.69) is 6.07 Å². The summed E-state index contributed by atoms with van der Waals surface area (Å²) in [4.78, 5) is 11.2. The first-order valence-corrected chi connectivity index (χ1v) is 5.41. The Kier molecular flexibility index (Phi) is 3.84. The molecule has 0 aliphatic carbocycles. The number of benzene rings is 1. The number of nitriles is 1. The Hall–Kier alpha value is -1.62. The van der Waals surface area contributed by atoms with Crippen molar-refractivity contribution in [3.05, 3.63) is 35.9 Å². The second-order valence-electron chi connectivity index (χ2n) is 4.84. The third-order valence-corrected chi connectivity index (χ3v) is 2.75. The zero-order chi connectivity index (χ0) is 12.2. The average molecular weight is 215 g/mol. The van der Waals surface area contributed by atoms with Gasteiger partial charge in [0.15, 0.2) is 0 Å². The molecule has 0 aliphatic heterocycles. The van der Waals surface area contributed by atoms with Crippen LogP contribution in [0.2, 0.25) is 0 Å². The summed E-state index contributed by atoms with van der Waals surface area (Å²) in [5, 5.41) is 9.27. The number of hydrogen-bond donors (Lipinski definition) is 0. The Morgan fingerprint density at radius 3 is 2.38 bits per heavy atom. The Bertz CT molecular complexity index is 400. The highest BCUT2D eigenvalue weighted by Crippen LogP contribution is 2.37. The van der Waals surface area contributed by atoms with Gasteiger partial charge >= 0.3 is 0 Å². The maximum Gasteiger partial charge on any atom is 0.130 e. The summed E-state index contributed by atoms with van der Waals surface area (Å²) >= 11 is 0. The average Bonchev–Trinajstić information content (AvgIpc) is 2.17. The molecule has 0 amide bonds. The van der Waals surface area contributed by atoms with Crippen molar-refractivity contribution < 1.29 is 4.79 Å². The van der Waals surface area contributed by atoms with Crippen molar-refractivity contribution in [1.29, 1.82) is 5.26 Å². The minimum atomic E-state index is -0.318. The third-order valence-electron chi connectivity index (χ3n) is 2.75. The summed E-state index contributed by atoms with van der Waals surface area (Å²) in [5.41, 5.74) is 0.665. The summed E-state index contributed by atoms with van der Waals surface area (Å²) < 4.78 is 0. The largest absolute Gasteiger partial charge is 0.300 e. The van der Waals surface area contributed by atoms with Crippen LogP contribution >= 0.6 is 0 Å². The minimum absolute atomic E-state index is 0.126. The van der Waals surface area contributed by atoms with Crippen LogP contribution in [0.1, 0.15) is 38.7 Å². The molecule has 84 valence electrons. The van der Waals surface area contributed by atoms with E-state index in [1.807, 2.05) is 44.2 Å².